The minimum Gasteiger partial charge on any atom is -0.488 e. The van der Waals surface area contributed by atoms with E-state index in [1.807, 2.05) is 49.4 Å². The minimum atomic E-state index is 0.0422. The molecule has 0 amide bonds. The average Bonchev–Trinajstić information content (AvgIpc) is 2.52. The summed E-state index contributed by atoms with van der Waals surface area (Å²) in [7, 11) is 0. The highest BCUT2D eigenvalue weighted by Gasteiger charge is 2.03. The molecule has 0 bridgehead atoms. The number of aromatic nitrogens is 1. The summed E-state index contributed by atoms with van der Waals surface area (Å²) in [4.78, 5) is 15.5. The molecule has 0 aliphatic rings. The fourth-order valence-corrected chi connectivity index (χ4v) is 1.70. The lowest BCUT2D eigenvalue weighted by atomic mass is 10.2. The fourth-order valence-electron chi connectivity index (χ4n) is 1.70. The van der Waals surface area contributed by atoms with Crippen LogP contribution < -0.4 is 4.74 Å². The van der Waals surface area contributed by atoms with Crippen LogP contribution in [0.2, 0.25) is 0 Å². The number of hydrogen-bond acceptors (Lipinski definition) is 3. The van der Waals surface area contributed by atoms with Crippen molar-refractivity contribution >= 4 is 11.9 Å². The van der Waals surface area contributed by atoms with Gasteiger partial charge in [0.05, 0.1) is 6.20 Å². The van der Waals surface area contributed by atoms with Crippen molar-refractivity contribution in [2.45, 2.75) is 13.3 Å². The highest BCUT2D eigenvalue weighted by Crippen LogP contribution is 2.10. The summed E-state index contributed by atoms with van der Waals surface area (Å²) in [6, 6.07) is 13.5. The number of carbonyl (C=O) groups excluding carboxylic acids is 1. The molecule has 3 heteroatoms. The molecule has 0 unspecified atom stereocenters. The third-order valence-corrected chi connectivity index (χ3v) is 2.80. The zero-order chi connectivity index (χ0) is 14.2. The number of nitrogens with zero attached hydrogens (tertiary/aromatic N) is 1. The molecule has 102 valence electrons. The lowest BCUT2D eigenvalue weighted by molar-refractivity contribution is 0.0983. The molecule has 1 aromatic carbocycles. The number of benzene rings is 1. The van der Waals surface area contributed by atoms with Gasteiger partial charge in [-0.2, -0.15) is 0 Å². The van der Waals surface area contributed by atoms with Crippen molar-refractivity contribution in [2.75, 3.05) is 6.61 Å². The number of pyridine rings is 1. The molecule has 0 radical (unpaired) electrons. The van der Waals surface area contributed by atoms with Crippen molar-refractivity contribution in [1.29, 1.82) is 0 Å². The van der Waals surface area contributed by atoms with Gasteiger partial charge in [0.1, 0.15) is 18.1 Å². The van der Waals surface area contributed by atoms with Crippen LogP contribution in [0.1, 0.15) is 29.4 Å². The Balaban J connectivity index is 1.85. The SMILES string of the molecule is CCC(=O)c1ccc(OC/C=C/c2ccccc2)cn1. The molecule has 0 N–H and O–H groups in total. The quantitative estimate of drug-likeness (QED) is 0.748. The third kappa shape index (κ3) is 4.05. The fraction of sp³-hybridized carbons (Fsp3) is 0.176. The van der Waals surface area contributed by atoms with Crippen LogP contribution in [-0.4, -0.2) is 17.4 Å². The van der Waals surface area contributed by atoms with Gasteiger partial charge in [0.15, 0.2) is 5.78 Å². The molecule has 0 aliphatic carbocycles. The second-order valence-electron chi connectivity index (χ2n) is 4.28. The Hall–Kier alpha value is -2.42. The van der Waals surface area contributed by atoms with Gasteiger partial charge in [-0.15, -0.1) is 0 Å². The van der Waals surface area contributed by atoms with Gasteiger partial charge in [-0.25, -0.2) is 4.98 Å². The second-order valence-corrected chi connectivity index (χ2v) is 4.28. The van der Waals surface area contributed by atoms with E-state index < -0.39 is 0 Å². The van der Waals surface area contributed by atoms with E-state index in [0.717, 1.165) is 5.56 Å². The molecule has 0 saturated carbocycles. The van der Waals surface area contributed by atoms with Crippen molar-refractivity contribution in [3.05, 3.63) is 66.0 Å². The van der Waals surface area contributed by atoms with E-state index in [1.165, 1.54) is 0 Å². The highest BCUT2D eigenvalue weighted by molar-refractivity contribution is 5.93. The molecule has 20 heavy (non-hydrogen) atoms. The molecule has 0 saturated heterocycles. The van der Waals surface area contributed by atoms with Gasteiger partial charge >= 0.3 is 0 Å². The molecule has 0 aliphatic heterocycles. The first-order chi connectivity index (χ1) is 9.79. The Bertz CT molecular complexity index is 574. The van der Waals surface area contributed by atoms with Gasteiger partial charge in [0.2, 0.25) is 0 Å². The van der Waals surface area contributed by atoms with Gasteiger partial charge in [-0.05, 0) is 23.8 Å². The van der Waals surface area contributed by atoms with Gasteiger partial charge in [0, 0.05) is 6.42 Å². The maximum atomic E-state index is 11.4. The Morgan fingerprint density at radius 1 is 1.20 bits per heavy atom. The molecular formula is C17H17NO2. The zero-order valence-electron chi connectivity index (χ0n) is 11.5. The molecular weight excluding hydrogens is 250 g/mol. The van der Waals surface area contributed by atoms with E-state index in [2.05, 4.69) is 4.98 Å². The van der Waals surface area contributed by atoms with Crippen molar-refractivity contribution < 1.29 is 9.53 Å². The maximum absolute atomic E-state index is 11.4. The summed E-state index contributed by atoms with van der Waals surface area (Å²) in [6.45, 7) is 2.29. The van der Waals surface area contributed by atoms with Crippen molar-refractivity contribution in [2.24, 2.45) is 0 Å². The van der Waals surface area contributed by atoms with Crippen LogP contribution in [0.5, 0.6) is 5.75 Å². The number of ether oxygens (including phenoxy) is 1. The summed E-state index contributed by atoms with van der Waals surface area (Å²) >= 11 is 0. The average molecular weight is 267 g/mol. The monoisotopic (exact) mass is 267 g/mol. The second kappa shape index (κ2) is 7.24. The molecule has 1 heterocycles. The van der Waals surface area contributed by atoms with Crippen LogP contribution in [0.3, 0.4) is 0 Å². The first kappa shape index (κ1) is 14.0. The number of hydrogen-bond donors (Lipinski definition) is 0. The molecule has 1 aromatic heterocycles. The Morgan fingerprint density at radius 2 is 2.00 bits per heavy atom. The standard InChI is InChI=1S/C17H17NO2/c1-2-17(19)16-11-10-15(13-18-16)20-12-6-9-14-7-4-3-5-8-14/h3-11,13H,2,12H2,1H3/b9-6+. The molecule has 0 fully saturated rings. The first-order valence-electron chi connectivity index (χ1n) is 6.63. The zero-order valence-corrected chi connectivity index (χ0v) is 11.5. The van der Waals surface area contributed by atoms with Crippen molar-refractivity contribution in [3.63, 3.8) is 0 Å². The van der Waals surface area contributed by atoms with Crippen LogP contribution in [0.15, 0.2) is 54.7 Å². The number of rotatable bonds is 6. The molecule has 0 atom stereocenters. The minimum absolute atomic E-state index is 0.0422. The molecule has 3 nitrogen and oxygen atoms in total. The summed E-state index contributed by atoms with van der Waals surface area (Å²) < 4.78 is 5.54. The largest absolute Gasteiger partial charge is 0.488 e. The summed E-state index contributed by atoms with van der Waals surface area (Å²) in [5, 5.41) is 0. The van der Waals surface area contributed by atoms with Crippen molar-refractivity contribution in [3.8, 4) is 5.75 Å². The summed E-state index contributed by atoms with van der Waals surface area (Å²) in [5.74, 6) is 0.705. The first-order valence-corrected chi connectivity index (χ1v) is 6.63. The molecule has 2 rings (SSSR count). The van der Waals surface area contributed by atoms with E-state index in [9.17, 15) is 4.79 Å². The van der Waals surface area contributed by atoms with Gasteiger partial charge in [-0.3, -0.25) is 4.79 Å². The predicted octanol–water partition coefficient (Wildman–Crippen LogP) is 3.77. The van der Waals surface area contributed by atoms with Gasteiger partial charge in [-0.1, -0.05) is 43.3 Å². The maximum Gasteiger partial charge on any atom is 0.180 e. The highest BCUT2D eigenvalue weighted by atomic mass is 16.5. The van der Waals surface area contributed by atoms with Crippen LogP contribution in [0.25, 0.3) is 6.08 Å². The van der Waals surface area contributed by atoms with E-state index in [1.54, 1.807) is 18.3 Å². The van der Waals surface area contributed by atoms with Gasteiger partial charge in [0.25, 0.3) is 0 Å². The van der Waals surface area contributed by atoms with Crippen LogP contribution in [-0.2, 0) is 0 Å². The Kier molecular flexibility index (Phi) is 5.07. The normalized spacial score (nSPS) is 10.7. The number of Topliss-reactive ketones (excluding diaryl/α,β-unsaturated/α-hetero) is 1. The molecule has 0 spiro atoms. The predicted molar refractivity (Wildman–Crippen MR) is 79.8 cm³/mol. The topological polar surface area (TPSA) is 39.2 Å². The number of ketones is 1. The lowest BCUT2D eigenvalue weighted by Gasteiger charge is -2.03. The Morgan fingerprint density at radius 3 is 2.65 bits per heavy atom. The van der Waals surface area contributed by atoms with E-state index in [0.29, 0.717) is 24.5 Å². The summed E-state index contributed by atoms with van der Waals surface area (Å²) in [5.41, 5.74) is 1.62. The van der Waals surface area contributed by atoms with Crippen LogP contribution in [0.4, 0.5) is 0 Å². The summed E-state index contributed by atoms with van der Waals surface area (Å²) in [6.07, 6.45) is 6.00. The van der Waals surface area contributed by atoms with E-state index in [-0.39, 0.29) is 5.78 Å². The molecule has 2 aromatic rings. The lowest BCUT2D eigenvalue weighted by Crippen LogP contribution is -2.00. The smallest absolute Gasteiger partial charge is 0.180 e. The van der Waals surface area contributed by atoms with Crippen LogP contribution in [0, 0.1) is 0 Å². The van der Waals surface area contributed by atoms with E-state index in [4.69, 9.17) is 4.74 Å². The third-order valence-electron chi connectivity index (χ3n) is 2.80. The number of carbonyl (C=O) groups is 1. The van der Waals surface area contributed by atoms with E-state index >= 15 is 0 Å². The van der Waals surface area contributed by atoms with Gasteiger partial charge < -0.3 is 4.74 Å². The Labute approximate surface area is 118 Å². The van der Waals surface area contributed by atoms with Crippen molar-refractivity contribution in [1.82, 2.24) is 4.98 Å². The van der Waals surface area contributed by atoms with Crippen LogP contribution >= 0.6 is 0 Å².